The second kappa shape index (κ2) is 5.50. The van der Waals surface area contributed by atoms with Gasteiger partial charge in [-0.3, -0.25) is 4.79 Å². The van der Waals surface area contributed by atoms with Crippen LogP contribution in [0.1, 0.15) is 18.5 Å². The van der Waals surface area contributed by atoms with Gasteiger partial charge in [-0.2, -0.15) is 5.26 Å². The number of nitriles is 1. The molecule has 0 bridgehead atoms. The molecule has 94 valence electrons. The van der Waals surface area contributed by atoms with E-state index in [1.165, 1.54) is 7.11 Å². The molecule has 0 N–H and O–H groups in total. The van der Waals surface area contributed by atoms with Crippen molar-refractivity contribution in [2.24, 2.45) is 5.92 Å². The van der Waals surface area contributed by atoms with Gasteiger partial charge in [0.1, 0.15) is 11.8 Å². The van der Waals surface area contributed by atoms with Gasteiger partial charge in [-0.1, -0.05) is 0 Å². The summed E-state index contributed by atoms with van der Waals surface area (Å²) in [7, 11) is 1.43. The van der Waals surface area contributed by atoms with E-state index in [4.69, 9.17) is 10.00 Å². The molecule has 2 heterocycles. The number of esters is 1. The third-order valence-electron chi connectivity index (χ3n) is 3.26. The summed E-state index contributed by atoms with van der Waals surface area (Å²) in [6, 6.07) is 5.60. The zero-order chi connectivity index (χ0) is 13.0. The monoisotopic (exact) mass is 245 g/mol. The summed E-state index contributed by atoms with van der Waals surface area (Å²) in [4.78, 5) is 17.6. The number of pyridine rings is 1. The molecule has 5 nitrogen and oxygen atoms in total. The van der Waals surface area contributed by atoms with Crippen LogP contribution in [0.3, 0.4) is 0 Å². The third kappa shape index (κ3) is 2.59. The molecule has 0 unspecified atom stereocenters. The first-order chi connectivity index (χ1) is 8.74. The highest BCUT2D eigenvalue weighted by molar-refractivity contribution is 5.72. The Kier molecular flexibility index (Phi) is 3.78. The summed E-state index contributed by atoms with van der Waals surface area (Å²) in [6.45, 7) is 1.63. The van der Waals surface area contributed by atoms with Gasteiger partial charge in [0.2, 0.25) is 0 Å². The fourth-order valence-corrected chi connectivity index (χ4v) is 2.18. The highest BCUT2D eigenvalue weighted by Gasteiger charge is 2.25. The minimum Gasteiger partial charge on any atom is -0.469 e. The van der Waals surface area contributed by atoms with Crippen LogP contribution >= 0.6 is 0 Å². The summed E-state index contributed by atoms with van der Waals surface area (Å²) in [5, 5.41) is 8.68. The van der Waals surface area contributed by atoms with Crippen molar-refractivity contribution in [3.63, 3.8) is 0 Å². The molecule has 2 rings (SSSR count). The second-order valence-electron chi connectivity index (χ2n) is 4.30. The zero-order valence-corrected chi connectivity index (χ0v) is 10.3. The molecule has 0 amide bonds. The molecule has 0 spiro atoms. The number of carbonyl (C=O) groups is 1. The van der Waals surface area contributed by atoms with Crippen molar-refractivity contribution in [3.8, 4) is 6.07 Å². The average Bonchev–Trinajstić information content (AvgIpc) is 2.47. The van der Waals surface area contributed by atoms with E-state index in [9.17, 15) is 4.79 Å². The van der Waals surface area contributed by atoms with Gasteiger partial charge in [-0.15, -0.1) is 0 Å². The van der Waals surface area contributed by atoms with E-state index in [0.29, 0.717) is 5.69 Å². The largest absolute Gasteiger partial charge is 0.469 e. The molecular formula is C13H15N3O2. The molecule has 1 saturated heterocycles. The van der Waals surface area contributed by atoms with Crippen LogP contribution in [0.15, 0.2) is 18.3 Å². The van der Waals surface area contributed by atoms with Gasteiger partial charge in [0.25, 0.3) is 0 Å². The fraction of sp³-hybridized carbons (Fsp3) is 0.462. The van der Waals surface area contributed by atoms with Crippen LogP contribution < -0.4 is 4.90 Å². The Labute approximate surface area is 106 Å². The maximum absolute atomic E-state index is 11.4. The Balaban J connectivity index is 1.97. The van der Waals surface area contributed by atoms with Gasteiger partial charge < -0.3 is 9.64 Å². The topological polar surface area (TPSA) is 66.2 Å². The highest BCUT2D eigenvalue weighted by Crippen LogP contribution is 2.23. The van der Waals surface area contributed by atoms with Crippen LogP contribution in [-0.4, -0.2) is 31.2 Å². The Morgan fingerprint density at radius 3 is 2.72 bits per heavy atom. The molecule has 0 atom stereocenters. The number of hydrogen-bond donors (Lipinski definition) is 0. The van der Waals surface area contributed by atoms with E-state index in [1.807, 2.05) is 12.1 Å². The van der Waals surface area contributed by atoms with Crippen molar-refractivity contribution in [1.82, 2.24) is 4.98 Å². The highest BCUT2D eigenvalue weighted by atomic mass is 16.5. The standard InChI is InChI=1S/C13H15N3O2/c1-18-13(17)10-4-6-16(7-5-10)12-3-2-11(8-14)15-9-12/h2-3,9-10H,4-7H2,1H3. The Hall–Kier alpha value is -2.09. The van der Waals surface area contributed by atoms with E-state index in [2.05, 4.69) is 9.88 Å². The van der Waals surface area contributed by atoms with Crippen molar-refractivity contribution >= 4 is 11.7 Å². The Morgan fingerprint density at radius 2 is 2.22 bits per heavy atom. The molecule has 1 fully saturated rings. The summed E-state index contributed by atoms with van der Waals surface area (Å²) in [6.07, 6.45) is 3.30. The van der Waals surface area contributed by atoms with Gasteiger partial charge in [0.15, 0.2) is 0 Å². The molecule has 0 aromatic carbocycles. The van der Waals surface area contributed by atoms with E-state index in [1.54, 1.807) is 12.3 Å². The predicted molar refractivity (Wildman–Crippen MR) is 65.9 cm³/mol. The van der Waals surface area contributed by atoms with E-state index in [0.717, 1.165) is 31.6 Å². The van der Waals surface area contributed by atoms with Crippen LogP contribution in [0.25, 0.3) is 0 Å². The minimum atomic E-state index is -0.118. The normalized spacial score (nSPS) is 16.1. The lowest BCUT2D eigenvalue weighted by Crippen LogP contribution is -2.36. The maximum Gasteiger partial charge on any atom is 0.308 e. The van der Waals surface area contributed by atoms with Crippen molar-refractivity contribution in [1.29, 1.82) is 5.26 Å². The first-order valence-electron chi connectivity index (χ1n) is 5.93. The number of nitrogens with zero attached hydrogens (tertiary/aromatic N) is 3. The Morgan fingerprint density at radius 1 is 1.50 bits per heavy atom. The van der Waals surface area contributed by atoms with Crippen LogP contribution in [0.4, 0.5) is 5.69 Å². The van der Waals surface area contributed by atoms with Crippen molar-refractivity contribution < 1.29 is 9.53 Å². The molecule has 1 aromatic heterocycles. The van der Waals surface area contributed by atoms with Gasteiger partial charge in [0, 0.05) is 13.1 Å². The molecule has 5 heteroatoms. The predicted octanol–water partition coefficient (Wildman–Crippen LogP) is 1.34. The lowest BCUT2D eigenvalue weighted by Gasteiger charge is -2.32. The molecule has 1 aliphatic rings. The SMILES string of the molecule is COC(=O)C1CCN(c2ccc(C#N)nc2)CC1. The Bertz CT molecular complexity index is 456. The van der Waals surface area contributed by atoms with Crippen molar-refractivity contribution in [2.45, 2.75) is 12.8 Å². The number of carbonyl (C=O) groups excluding carboxylic acids is 1. The lowest BCUT2D eigenvalue weighted by molar-refractivity contribution is -0.146. The van der Waals surface area contributed by atoms with Gasteiger partial charge in [-0.25, -0.2) is 4.98 Å². The van der Waals surface area contributed by atoms with Crippen molar-refractivity contribution in [3.05, 3.63) is 24.0 Å². The zero-order valence-electron chi connectivity index (χ0n) is 10.3. The number of aromatic nitrogens is 1. The number of piperidine rings is 1. The molecule has 1 aromatic rings. The van der Waals surface area contributed by atoms with E-state index in [-0.39, 0.29) is 11.9 Å². The number of rotatable bonds is 2. The van der Waals surface area contributed by atoms with Crippen LogP contribution in [0, 0.1) is 17.2 Å². The third-order valence-corrected chi connectivity index (χ3v) is 3.26. The van der Waals surface area contributed by atoms with Crippen LogP contribution in [0.2, 0.25) is 0 Å². The summed E-state index contributed by atoms with van der Waals surface area (Å²) in [5.41, 5.74) is 1.42. The van der Waals surface area contributed by atoms with E-state index >= 15 is 0 Å². The smallest absolute Gasteiger partial charge is 0.308 e. The summed E-state index contributed by atoms with van der Waals surface area (Å²) < 4.78 is 4.76. The molecule has 0 aliphatic carbocycles. The second-order valence-corrected chi connectivity index (χ2v) is 4.30. The summed E-state index contributed by atoms with van der Waals surface area (Å²) in [5.74, 6) is -0.106. The number of methoxy groups -OCH3 is 1. The number of ether oxygens (including phenoxy) is 1. The van der Waals surface area contributed by atoms with Crippen LogP contribution in [0.5, 0.6) is 0 Å². The van der Waals surface area contributed by atoms with E-state index < -0.39 is 0 Å². The quantitative estimate of drug-likeness (QED) is 0.736. The number of hydrogen-bond acceptors (Lipinski definition) is 5. The van der Waals surface area contributed by atoms with Crippen LogP contribution in [-0.2, 0) is 9.53 Å². The molecule has 0 saturated carbocycles. The first-order valence-corrected chi connectivity index (χ1v) is 5.93. The fourth-order valence-electron chi connectivity index (χ4n) is 2.18. The molecular weight excluding hydrogens is 230 g/mol. The van der Waals surface area contributed by atoms with Gasteiger partial charge in [-0.05, 0) is 25.0 Å². The minimum absolute atomic E-state index is 0.0117. The van der Waals surface area contributed by atoms with Gasteiger partial charge in [0.05, 0.1) is 24.9 Å². The van der Waals surface area contributed by atoms with Crippen molar-refractivity contribution in [2.75, 3.05) is 25.1 Å². The molecule has 1 aliphatic heterocycles. The maximum atomic E-state index is 11.4. The lowest BCUT2D eigenvalue weighted by atomic mass is 9.97. The summed E-state index contributed by atoms with van der Waals surface area (Å²) >= 11 is 0. The van der Waals surface area contributed by atoms with Gasteiger partial charge >= 0.3 is 5.97 Å². The number of anilines is 1. The average molecular weight is 245 g/mol. The molecule has 0 radical (unpaired) electrons. The molecule has 18 heavy (non-hydrogen) atoms. The first kappa shape index (κ1) is 12.4.